The molecule has 2 aliphatic heterocycles. The van der Waals surface area contributed by atoms with E-state index in [4.69, 9.17) is 9.47 Å². The van der Waals surface area contributed by atoms with Gasteiger partial charge >= 0.3 is 0 Å². The molecular formula is C17H26N2O2. The maximum Gasteiger partial charge on any atom is 0.124 e. The summed E-state index contributed by atoms with van der Waals surface area (Å²) < 4.78 is 11.8. The largest absolute Gasteiger partial charge is 0.492 e. The lowest BCUT2D eigenvalue weighted by atomic mass is 9.95. The van der Waals surface area contributed by atoms with E-state index in [-0.39, 0.29) is 0 Å². The molecule has 3 unspecified atom stereocenters. The second kappa shape index (κ2) is 6.77. The van der Waals surface area contributed by atoms with Crippen LogP contribution in [-0.4, -0.2) is 50.4 Å². The number of ether oxygens (including phenoxy) is 2. The third-order valence-electron chi connectivity index (χ3n) is 4.70. The Kier molecular flexibility index (Phi) is 4.78. The molecule has 4 nitrogen and oxygen atoms in total. The summed E-state index contributed by atoms with van der Waals surface area (Å²) in [5, 5.41) is 3.49. The predicted molar refractivity (Wildman–Crippen MR) is 83.7 cm³/mol. The minimum absolute atomic E-state index is 0.316. The van der Waals surface area contributed by atoms with Crippen LogP contribution in [0, 0.1) is 0 Å². The molecule has 21 heavy (non-hydrogen) atoms. The first-order valence-electron chi connectivity index (χ1n) is 8.08. The number of para-hydroxylation sites is 1. The van der Waals surface area contributed by atoms with E-state index in [0.717, 1.165) is 32.1 Å². The Morgan fingerprint density at radius 1 is 1.33 bits per heavy atom. The van der Waals surface area contributed by atoms with Crippen LogP contribution in [0.5, 0.6) is 5.75 Å². The van der Waals surface area contributed by atoms with E-state index >= 15 is 0 Å². The number of benzene rings is 1. The second-order valence-electron chi connectivity index (χ2n) is 5.91. The van der Waals surface area contributed by atoms with Gasteiger partial charge in [-0.2, -0.15) is 0 Å². The molecule has 3 rings (SSSR count). The van der Waals surface area contributed by atoms with E-state index in [0.29, 0.717) is 18.2 Å². The summed E-state index contributed by atoms with van der Waals surface area (Å²) >= 11 is 0. The first-order valence-corrected chi connectivity index (χ1v) is 8.08. The summed E-state index contributed by atoms with van der Waals surface area (Å²) in [6.07, 6.45) is 2.77. The van der Waals surface area contributed by atoms with Crippen LogP contribution in [0.25, 0.3) is 0 Å². The van der Waals surface area contributed by atoms with Gasteiger partial charge in [0.2, 0.25) is 0 Å². The van der Waals surface area contributed by atoms with Crippen molar-refractivity contribution >= 4 is 0 Å². The fourth-order valence-electron chi connectivity index (χ4n) is 3.56. The standard InChI is InChI=1S/C17H26N2O2/c1-3-19(11-13-7-6-10-20-13)15-12-21-16-9-5-4-8-14(16)17(15)18-2/h4-5,8-9,13,15,17-18H,3,6-7,10-12H2,1-2H3. The highest BCUT2D eigenvalue weighted by atomic mass is 16.5. The first-order chi connectivity index (χ1) is 10.3. The Bertz CT molecular complexity index is 460. The topological polar surface area (TPSA) is 33.7 Å². The third-order valence-corrected chi connectivity index (χ3v) is 4.70. The van der Waals surface area contributed by atoms with Crippen molar-refractivity contribution in [1.29, 1.82) is 0 Å². The molecule has 0 aliphatic carbocycles. The van der Waals surface area contributed by atoms with Gasteiger partial charge in [0.15, 0.2) is 0 Å². The van der Waals surface area contributed by atoms with Gasteiger partial charge in [0, 0.05) is 18.7 Å². The summed E-state index contributed by atoms with van der Waals surface area (Å²) in [5.74, 6) is 1.02. The maximum absolute atomic E-state index is 5.99. The first kappa shape index (κ1) is 14.8. The molecule has 1 aromatic carbocycles. The van der Waals surface area contributed by atoms with E-state index in [2.05, 4.69) is 35.3 Å². The Labute approximate surface area is 127 Å². The lowest BCUT2D eigenvalue weighted by Gasteiger charge is -2.41. The molecule has 0 radical (unpaired) electrons. The van der Waals surface area contributed by atoms with Gasteiger partial charge in [-0.05, 0) is 32.5 Å². The molecule has 116 valence electrons. The normalized spacial score (nSPS) is 28.4. The fourth-order valence-corrected chi connectivity index (χ4v) is 3.56. The molecular weight excluding hydrogens is 264 g/mol. The zero-order chi connectivity index (χ0) is 14.7. The van der Waals surface area contributed by atoms with Crippen molar-refractivity contribution in [3.63, 3.8) is 0 Å². The van der Waals surface area contributed by atoms with Crippen molar-refractivity contribution in [2.24, 2.45) is 0 Å². The van der Waals surface area contributed by atoms with E-state index in [1.54, 1.807) is 0 Å². The quantitative estimate of drug-likeness (QED) is 0.901. The van der Waals surface area contributed by atoms with Gasteiger partial charge in [-0.25, -0.2) is 0 Å². The molecule has 1 aromatic rings. The number of nitrogens with one attached hydrogen (secondary N) is 1. The zero-order valence-electron chi connectivity index (χ0n) is 13.0. The molecule has 0 spiro atoms. The maximum atomic E-state index is 5.99. The highest BCUT2D eigenvalue weighted by Gasteiger charge is 2.34. The zero-order valence-corrected chi connectivity index (χ0v) is 13.0. The van der Waals surface area contributed by atoms with Gasteiger partial charge in [-0.15, -0.1) is 0 Å². The molecule has 3 atom stereocenters. The molecule has 0 saturated carbocycles. The van der Waals surface area contributed by atoms with Crippen LogP contribution in [0.4, 0.5) is 0 Å². The van der Waals surface area contributed by atoms with Crippen LogP contribution < -0.4 is 10.1 Å². The molecule has 2 heterocycles. The average Bonchev–Trinajstić information content (AvgIpc) is 3.04. The number of nitrogens with zero attached hydrogens (tertiary/aromatic N) is 1. The van der Waals surface area contributed by atoms with Gasteiger partial charge < -0.3 is 14.8 Å². The SMILES string of the molecule is CCN(CC1CCCO1)C1COc2ccccc2C1NC. The molecule has 1 saturated heterocycles. The molecule has 4 heteroatoms. The highest BCUT2D eigenvalue weighted by Crippen LogP contribution is 2.34. The van der Waals surface area contributed by atoms with E-state index < -0.39 is 0 Å². The van der Waals surface area contributed by atoms with Gasteiger partial charge in [0.05, 0.1) is 18.2 Å². The number of likely N-dealkylation sites (N-methyl/N-ethyl adjacent to an activating group) is 2. The Morgan fingerprint density at radius 3 is 2.90 bits per heavy atom. The molecule has 0 aromatic heterocycles. The Hall–Kier alpha value is -1.10. The van der Waals surface area contributed by atoms with Gasteiger partial charge in [-0.3, -0.25) is 4.90 Å². The summed E-state index contributed by atoms with van der Waals surface area (Å²) in [5.41, 5.74) is 1.27. The minimum atomic E-state index is 0.316. The van der Waals surface area contributed by atoms with Crippen LogP contribution in [-0.2, 0) is 4.74 Å². The molecule has 1 N–H and O–H groups in total. The Balaban J connectivity index is 1.76. The molecule has 2 aliphatic rings. The summed E-state index contributed by atoms with van der Waals surface area (Å²) in [7, 11) is 2.04. The van der Waals surface area contributed by atoms with Crippen LogP contribution in [0.2, 0.25) is 0 Å². The summed E-state index contributed by atoms with van der Waals surface area (Å²) in [6.45, 7) is 5.91. The van der Waals surface area contributed by atoms with Crippen molar-refractivity contribution < 1.29 is 9.47 Å². The third kappa shape index (κ3) is 3.07. The summed E-state index contributed by atoms with van der Waals surface area (Å²) in [4.78, 5) is 2.51. The predicted octanol–water partition coefficient (Wildman–Crippen LogP) is 2.21. The summed E-state index contributed by atoms with van der Waals surface area (Å²) in [6, 6.07) is 9.03. The molecule has 0 amide bonds. The van der Waals surface area contributed by atoms with Crippen LogP contribution in [0.1, 0.15) is 31.4 Å². The second-order valence-corrected chi connectivity index (χ2v) is 5.91. The van der Waals surface area contributed by atoms with Gasteiger partial charge in [-0.1, -0.05) is 25.1 Å². The highest BCUT2D eigenvalue weighted by molar-refractivity contribution is 5.38. The minimum Gasteiger partial charge on any atom is -0.492 e. The number of hydrogen-bond acceptors (Lipinski definition) is 4. The lowest BCUT2D eigenvalue weighted by molar-refractivity contribution is 0.0308. The fraction of sp³-hybridized carbons (Fsp3) is 0.647. The number of hydrogen-bond donors (Lipinski definition) is 1. The lowest BCUT2D eigenvalue weighted by Crippen LogP contribution is -2.51. The Morgan fingerprint density at radius 2 is 2.19 bits per heavy atom. The van der Waals surface area contributed by atoms with Gasteiger partial charge in [0.25, 0.3) is 0 Å². The molecule has 0 bridgehead atoms. The van der Waals surface area contributed by atoms with Crippen LogP contribution >= 0.6 is 0 Å². The van der Waals surface area contributed by atoms with Crippen molar-refractivity contribution in [2.75, 3.05) is 33.4 Å². The monoisotopic (exact) mass is 290 g/mol. The van der Waals surface area contributed by atoms with Crippen molar-refractivity contribution in [2.45, 2.75) is 38.0 Å². The van der Waals surface area contributed by atoms with Crippen LogP contribution in [0.15, 0.2) is 24.3 Å². The smallest absolute Gasteiger partial charge is 0.124 e. The molecule has 1 fully saturated rings. The van der Waals surface area contributed by atoms with Crippen molar-refractivity contribution in [3.05, 3.63) is 29.8 Å². The average molecular weight is 290 g/mol. The van der Waals surface area contributed by atoms with E-state index in [9.17, 15) is 0 Å². The number of fused-ring (bicyclic) bond motifs is 1. The van der Waals surface area contributed by atoms with Gasteiger partial charge in [0.1, 0.15) is 12.4 Å². The van der Waals surface area contributed by atoms with Crippen molar-refractivity contribution in [1.82, 2.24) is 10.2 Å². The van der Waals surface area contributed by atoms with E-state index in [1.807, 2.05) is 13.1 Å². The van der Waals surface area contributed by atoms with E-state index in [1.165, 1.54) is 18.4 Å². The van der Waals surface area contributed by atoms with Crippen LogP contribution in [0.3, 0.4) is 0 Å². The van der Waals surface area contributed by atoms with Crippen molar-refractivity contribution in [3.8, 4) is 5.75 Å². The number of rotatable bonds is 5.